The number of amides is 1. The molecule has 2 unspecified atom stereocenters. The third-order valence-corrected chi connectivity index (χ3v) is 1.94. The molecule has 1 N–H and O–H groups in total. The molecule has 0 saturated heterocycles. The Hall–Kier alpha value is -0.750. The molecule has 2 atom stereocenters. The van der Waals surface area contributed by atoms with E-state index in [-0.39, 0.29) is 17.7 Å². The van der Waals surface area contributed by atoms with Crippen molar-refractivity contribution in [3.05, 3.63) is 0 Å². The number of carbonyl (C=O) groups excluding carboxylic acids is 1. The van der Waals surface area contributed by atoms with Gasteiger partial charge in [-0.2, -0.15) is 5.26 Å². The molecule has 4 heteroatoms. The van der Waals surface area contributed by atoms with Crippen molar-refractivity contribution >= 4 is 17.5 Å². The number of hydrogen-bond acceptors (Lipinski definition) is 2. The summed E-state index contributed by atoms with van der Waals surface area (Å²) in [5.74, 6) is -0.103. The van der Waals surface area contributed by atoms with Crippen molar-refractivity contribution in [3.8, 4) is 6.07 Å². The van der Waals surface area contributed by atoms with Crippen LogP contribution in [-0.2, 0) is 4.79 Å². The average molecular weight is 189 g/mol. The molecular formula is C8H13ClN2O. The van der Waals surface area contributed by atoms with Gasteiger partial charge in [-0.1, -0.05) is 6.92 Å². The summed E-state index contributed by atoms with van der Waals surface area (Å²) < 4.78 is 0. The summed E-state index contributed by atoms with van der Waals surface area (Å²) in [6.45, 7) is 3.90. The van der Waals surface area contributed by atoms with Gasteiger partial charge in [-0.3, -0.25) is 4.79 Å². The molecule has 0 aliphatic carbocycles. The summed E-state index contributed by atoms with van der Waals surface area (Å²) in [5, 5.41) is 11.1. The fourth-order valence-electron chi connectivity index (χ4n) is 0.544. The molecule has 0 aliphatic heterocycles. The van der Waals surface area contributed by atoms with Crippen molar-refractivity contribution < 1.29 is 4.79 Å². The largest absolute Gasteiger partial charge is 0.355 e. The van der Waals surface area contributed by atoms with E-state index in [4.69, 9.17) is 16.9 Å². The SMILES string of the molecule is CC(C#N)CNC(=O)C(C)CCl. The van der Waals surface area contributed by atoms with Gasteiger partial charge in [-0.05, 0) is 6.92 Å². The normalized spacial score (nSPS) is 14.5. The molecule has 0 rings (SSSR count). The van der Waals surface area contributed by atoms with Crippen LogP contribution in [0.3, 0.4) is 0 Å². The molecule has 1 amide bonds. The predicted octanol–water partition coefficient (Wildman–Crippen LogP) is 1.14. The van der Waals surface area contributed by atoms with Crippen LogP contribution in [0, 0.1) is 23.2 Å². The van der Waals surface area contributed by atoms with E-state index in [2.05, 4.69) is 5.32 Å². The van der Waals surface area contributed by atoms with Crippen LogP contribution in [0.25, 0.3) is 0 Å². The van der Waals surface area contributed by atoms with Crippen LogP contribution < -0.4 is 5.32 Å². The highest BCUT2D eigenvalue weighted by molar-refractivity contribution is 6.19. The molecular weight excluding hydrogens is 176 g/mol. The zero-order chi connectivity index (χ0) is 9.56. The lowest BCUT2D eigenvalue weighted by atomic mass is 10.1. The van der Waals surface area contributed by atoms with Crippen molar-refractivity contribution in [1.29, 1.82) is 5.26 Å². The topological polar surface area (TPSA) is 52.9 Å². The van der Waals surface area contributed by atoms with Gasteiger partial charge in [-0.25, -0.2) is 0 Å². The van der Waals surface area contributed by atoms with Crippen molar-refractivity contribution in [1.82, 2.24) is 5.32 Å². The molecule has 0 saturated carbocycles. The molecule has 12 heavy (non-hydrogen) atoms. The quantitative estimate of drug-likeness (QED) is 0.673. The van der Waals surface area contributed by atoms with E-state index >= 15 is 0 Å². The molecule has 68 valence electrons. The maximum absolute atomic E-state index is 11.1. The zero-order valence-corrected chi connectivity index (χ0v) is 8.06. The molecule has 0 heterocycles. The molecule has 0 fully saturated rings. The van der Waals surface area contributed by atoms with Crippen molar-refractivity contribution in [2.75, 3.05) is 12.4 Å². The summed E-state index contributed by atoms with van der Waals surface area (Å²) >= 11 is 5.47. The van der Waals surface area contributed by atoms with E-state index in [0.717, 1.165) is 0 Å². The second-order valence-electron chi connectivity index (χ2n) is 2.83. The number of hydrogen-bond donors (Lipinski definition) is 1. The smallest absolute Gasteiger partial charge is 0.224 e. The first-order chi connectivity index (χ1) is 5.61. The minimum absolute atomic E-state index is 0.0906. The number of nitriles is 1. The van der Waals surface area contributed by atoms with Gasteiger partial charge in [0.1, 0.15) is 0 Å². The fourth-order valence-corrected chi connectivity index (χ4v) is 0.684. The number of rotatable bonds is 4. The highest BCUT2D eigenvalue weighted by Crippen LogP contribution is 1.98. The number of nitrogens with zero attached hydrogens (tertiary/aromatic N) is 1. The number of halogens is 1. The molecule has 3 nitrogen and oxygen atoms in total. The molecule has 0 aromatic heterocycles. The molecule has 0 radical (unpaired) electrons. The summed E-state index contributed by atoms with van der Waals surface area (Å²) in [4.78, 5) is 11.1. The van der Waals surface area contributed by atoms with Crippen molar-refractivity contribution in [2.24, 2.45) is 11.8 Å². The Labute approximate surface area is 77.7 Å². The van der Waals surface area contributed by atoms with Gasteiger partial charge in [0.15, 0.2) is 0 Å². The van der Waals surface area contributed by atoms with Crippen LogP contribution in [0.5, 0.6) is 0 Å². The summed E-state index contributed by atoms with van der Waals surface area (Å²) in [7, 11) is 0. The first-order valence-corrected chi connectivity index (χ1v) is 4.38. The first kappa shape index (κ1) is 11.2. The standard InChI is InChI=1S/C8H13ClN2O/c1-6(4-10)5-11-8(12)7(2)3-9/h6-7H,3,5H2,1-2H3,(H,11,12). The first-order valence-electron chi connectivity index (χ1n) is 3.85. The number of alkyl halides is 1. The summed E-state index contributed by atoms with van der Waals surface area (Å²) in [6, 6.07) is 2.03. The Balaban J connectivity index is 3.65. The monoisotopic (exact) mass is 188 g/mol. The van der Waals surface area contributed by atoms with Crippen LogP contribution in [0.1, 0.15) is 13.8 Å². The van der Waals surface area contributed by atoms with E-state index < -0.39 is 0 Å². The fraction of sp³-hybridized carbons (Fsp3) is 0.750. The van der Waals surface area contributed by atoms with Crippen LogP contribution in [0.15, 0.2) is 0 Å². The third-order valence-electron chi connectivity index (χ3n) is 1.48. The van der Waals surface area contributed by atoms with Gasteiger partial charge in [0.05, 0.1) is 12.0 Å². The van der Waals surface area contributed by atoms with Gasteiger partial charge in [0, 0.05) is 18.3 Å². The Morgan fingerprint density at radius 2 is 2.25 bits per heavy atom. The van der Waals surface area contributed by atoms with Gasteiger partial charge >= 0.3 is 0 Å². The van der Waals surface area contributed by atoms with Crippen LogP contribution in [0.4, 0.5) is 0 Å². The van der Waals surface area contributed by atoms with Gasteiger partial charge < -0.3 is 5.32 Å². The molecule has 0 aliphatic rings. The van der Waals surface area contributed by atoms with E-state index in [1.54, 1.807) is 13.8 Å². The van der Waals surface area contributed by atoms with E-state index in [1.807, 2.05) is 6.07 Å². The maximum Gasteiger partial charge on any atom is 0.224 e. The van der Waals surface area contributed by atoms with Crippen molar-refractivity contribution in [2.45, 2.75) is 13.8 Å². The van der Waals surface area contributed by atoms with E-state index in [9.17, 15) is 4.79 Å². The summed E-state index contributed by atoms with van der Waals surface area (Å²) in [6.07, 6.45) is 0. The zero-order valence-electron chi connectivity index (χ0n) is 7.30. The molecule has 0 bridgehead atoms. The van der Waals surface area contributed by atoms with E-state index in [1.165, 1.54) is 0 Å². The lowest BCUT2D eigenvalue weighted by Crippen LogP contribution is -2.33. The van der Waals surface area contributed by atoms with Gasteiger partial charge in [0.25, 0.3) is 0 Å². The number of nitrogens with one attached hydrogen (secondary N) is 1. The Kier molecular flexibility index (Phi) is 5.48. The predicted molar refractivity (Wildman–Crippen MR) is 47.7 cm³/mol. The van der Waals surface area contributed by atoms with Crippen LogP contribution in [-0.4, -0.2) is 18.3 Å². The maximum atomic E-state index is 11.1. The second-order valence-corrected chi connectivity index (χ2v) is 3.14. The number of carbonyl (C=O) groups is 1. The lowest BCUT2D eigenvalue weighted by Gasteiger charge is -2.09. The third kappa shape index (κ3) is 4.20. The Bertz CT molecular complexity index is 188. The van der Waals surface area contributed by atoms with Crippen molar-refractivity contribution in [3.63, 3.8) is 0 Å². The van der Waals surface area contributed by atoms with Crippen LogP contribution in [0.2, 0.25) is 0 Å². The molecule has 0 aromatic carbocycles. The molecule has 0 spiro atoms. The Morgan fingerprint density at radius 1 is 1.67 bits per heavy atom. The average Bonchev–Trinajstić information content (AvgIpc) is 2.11. The minimum atomic E-state index is -0.183. The Morgan fingerprint density at radius 3 is 2.67 bits per heavy atom. The van der Waals surface area contributed by atoms with E-state index in [0.29, 0.717) is 12.4 Å². The second kappa shape index (κ2) is 5.84. The van der Waals surface area contributed by atoms with Gasteiger partial charge in [0.2, 0.25) is 5.91 Å². The van der Waals surface area contributed by atoms with Gasteiger partial charge in [-0.15, -0.1) is 11.6 Å². The minimum Gasteiger partial charge on any atom is -0.355 e. The summed E-state index contributed by atoms with van der Waals surface area (Å²) in [5.41, 5.74) is 0. The highest BCUT2D eigenvalue weighted by Gasteiger charge is 2.11. The molecule has 0 aromatic rings. The lowest BCUT2D eigenvalue weighted by molar-refractivity contribution is -0.123. The van der Waals surface area contributed by atoms with Crippen LogP contribution >= 0.6 is 11.6 Å². The highest BCUT2D eigenvalue weighted by atomic mass is 35.5.